The van der Waals surface area contributed by atoms with Gasteiger partial charge in [-0.05, 0) is 37.2 Å². The number of oxime groups is 1. The largest absolute Gasteiger partial charge is 0.357 e. The fraction of sp³-hybridized carbons (Fsp3) is 0.233. The second-order valence-corrected chi connectivity index (χ2v) is 8.97. The number of nitrogens with one attached hydrogen (secondary N) is 1. The molecule has 0 amide bonds. The van der Waals surface area contributed by atoms with Crippen LogP contribution in [0.25, 0.3) is 29.5 Å². The van der Waals surface area contributed by atoms with Gasteiger partial charge in [-0.1, -0.05) is 79.3 Å². The highest BCUT2D eigenvalue weighted by Gasteiger charge is 2.17. The van der Waals surface area contributed by atoms with Crippen molar-refractivity contribution in [3.63, 3.8) is 0 Å². The summed E-state index contributed by atoms with van der Waals surface area (Å²) < 4.78 is 0. The zero-order valence-electron chi connectivity index (χ0n) is 22.0. The van der Waals surface area contributed by atoms with Gasteiger partial charge in [0.25, 0.3) is 5.56 Å². The van der Waals surface area contributed by atoms with Crippen molar-refractivity contribution in [3.8, 4) is 11.1 Å². The third kappa shape index (κ3) is 7.31. The Morgan fingerprint density at radius 1 is 1.16 bits per heavy atom. The molecule has 0 bridgehead atoms. The third-order valence-electron chi connectivity index (χ3n) is 6.20. The van der Waals surface area contributed by atoms with Gasteiger partial charge in [-0.3, -0.25) is 4.79 Å². The number of aromatic amines is 1. The Hall–Kier alpha value is -3.94. The molecule has 0 unspecified atom stereocenters. The molecular weight excluding hydrogens is 498 g/mol. The van der Waals surface area contributed by atoms with E-state index in [9.17, 15) is 4.79 Å². The Morgan fingerprint density at radius 2 is 1.84 bits per heavy atom. The molecule has 1 aliphatic rings. The monoisotopic (exact) mass is 531 g/mol. The summed E-state index contributed by atoms with van der Waals surface area (Å²) in [6.07, 6.45) is 5.35. The number of benzene rings is 1. The van der Waals surface area contributed by atoms with Crippen LogP contribution in [0.4, 0.5) is 5.82 Å². The van der Waals surface area contributed by atoms with Crippen molar-refractivity contribution in [2.45, 2.75) is 13.8 Å². The van der Waals surface area contributed by atoms with Gasteiger partial charge in [-0.15, -0.1) is 0 Å². The van der Waals surface area contributed by atoms with Gasteiger partial charge < -0.3 is 19.6 Å². The summed E-state index contributed by atoms with van der Waals surface area (Å²) in [7, 11) is 0. The van der Waals surface area contributed by atoms with Crippen LogP contribution < -0.4 is 21.0 Å². The quantitative estimate of drug-likeness (QED) is 0.281. The summed E-state index contributed by atoms with van der Waals surface area (Å²) in [6, 6.07) is 15.5. The van der Waals surface area contributed by atoms with E-state index in [1.807, 2.05) is 49.5 Å². The molecule has 0 atom stereocenters. The number of aromatic nitrogens is 2. The average molecular weight is 532 g/mol. The zero-order chi connectivity index (χ0) is 27.5. The molecule has 0 saturated carbocycles. The molecule has 7 nitrogen and oxygen atoms in total. The van der Waals surface area contributed by atoms with Crippen LogP contribution in [0, 0.1) is 0 Å². The van der Waals surface area contributed by atoms with Crippen molar-refractivity contribution in [1.82, 2.24) is 14.9 Å². The van der Waals surface area contributed by atoms with Gasteiger partial charge in [-0.25, -0.2) is 4.98 Å². The van der Waals surface area contributed by atoms with Crippen LogP contribution in [0.5, 0.6) is 0 Å². The topological polar surface area (TPSA) is 73.8 Å². The van der Waals surface area contributed by atoms with E-state index in [0.717, 1.165) is 44.1 Å². The lowest BCUT2D eigenvalue weighted by molar-refractivity contribution is 0.270. The summed E-state index contributed by atoms with van der Waals surface area (Å²) in [5.74, 6) is 1.21. The van der Waals surface area contributed by atoms with Crippen molar-refractivity contribution in [1.29, 1.82) is 0 Å². The molecule has 1 aromatic carbocycles. The molecule has 1 N–H and O–H groups in total. The van der Waals surface area contributed by atoms with E-state index in [1.165, 1.54) is 0 Å². The molecule has 2 aromatic heterocycles. The Bertz CT molecular complexity index is 1430. The van der Waals surface area contributed by atoms with Crippen LogP contribution in [-0.2, 0) is 4.84 Å². The minimum Gasteiger partial charge on any atom is -0.357 e. The summed E-state index contributed by atoms with van der Waals surface area (Å²) in [5.41, 5.74) is 1.32. The smallest absolute Gasteiger partial charge is 0.260 e. The molecule has 1 aliphatic heterocycles. The lowest BCUT2D eigenvalue weighted by atomic mass is 9.97. The van der Waals surface area contributed by atoms with Gasteiger partial charge in [0.1, 0.15) is 5.82 Å². The van der Waals surface area contributed by atoms with E-state index in [4.69, 9.17) is 16.4 Å². The number of halogens is 1. The number of nitrogens with zero attached hydrogens (tertiary/aromatic N) is 4. The number of allylic oxidation sites excluding steroid dienone is 2. The summed E-state index contributed by atoms with van der Waals surface area (Å²) in [5, 5.41) is 4.99. The maximum atomic E-state index is 12.5. The van der Waals surface area contributed by atoms with E-state index in [0.29, 0.717) is 21.2 Å². The summed E-state index contributed by atoms with van der Waals surface area (Å²) in [4.78, 5) is 29.4. The fourth-order valence-corrected chi connectivity index (χ4v) is 4.28. The number of hydrogen-bond acceptors (Lipinski definition) is 6. The molecule has 198 valence electrons. The molecule has 8 heteroatoms. The number of hydrogen-bond donors (Lipinski definition) is 1. The van der Waals surface area contributed by atoms with Gasteiger partial charge in [-0.2, -0.15) is 0 Å². The predicted molar refractivity (Wildman–Crippen MR) is 160 cm³/mol. The average Bonchev–Trinajstić information content (AvgIpc) is 2.95. The van der Waals surface area contributed by atoms with Gasteiger partial charge in [0, 0.05) is 60.3 Å². The van der Waals surface area contributed by atoms with E-state index >= 15 is 0 Å². The Morgan fingerprint density at radius 3 is 2.42 bits per heavy atom. The summed E-state index contributed by atoms with van der Waals surface area (Å²) in [6.45, 7) is 20.7. The highest BCUT2D eigenvalue weighted by atomic mass is 35.5. The number of pyridine rings is 2. The first-order valence-electron chi connectivity index (χ1n) is 12.4. The minimum absolute atomic E-state index is 0.0938. The van der Waals surface area contributed by atoms with Crippen molar-refractivity contribution in [2.24, 2.45) is 5.16 Å². The maximum absolute atomic E-state index is 12.5. The molecule has 3 aromatic rings. The standard InChI is InChI=1S/C19H17ClN2O2.C11H17N3/c1-5-15(20)11-16-12(2)22-19(23)17(13(3)24-21-4)18(16)14-9-7-6-8-10-14;1-2-13-7-9-14(10-8-13)11-5-3-4-6-12-11/h5-11H,2-4H2,1H3,(H,22,23);3-6H,2,7-10H2,1H3/b15-5+,16-11+;. The first kappa shape index (κ1) is 28.6. The number of rotatable bonds is 7. The van der Waals surface area contributed by atoms with Crippen LogP contribution >= 0.6 is 11.6 Å². The van der Waals surface area contributed by atoms with Crippen LogP contribution in [0.3, 0.4) is 0 Å². The highest BCUT2D eigenvalue weighted by Crippen LogP contribution is 2.23. The first-order valence-corrected chi connectivity index (χ1v) is 12.8. The molecule has 38 heavy (non-hydrogen) atoms. The van der Waals surface area contributed by atoms with Crippen LogP contribution in [0.1, 0.15) is 19.4 Å². The number of piperazine rings is 1. The second-order valence-electron chi connectivity index (χ2n) is 8.53. The highest BCUT2D eigenvalue weighted by molar-refractivity contribution is 6.34. The molecule has 1 saturated heterocycles. The molecule has 1 fully saturated rings. The van der Waals surface area contributed by atoms with E-state index < -0.39 is 0 Å². The zero-order valence-corrected chi connectivity index (χ0v) is 22.7. The normalized spacial score (nSPS) is 14.4. The summed E-state index contributed by atoms with van der Waals surface area (Å²) >= 11 is 6.17. The van der Waals surface area contributed by atoms with Crippen molar-refractivity contribution < 1.29 is 4.84 Å². The van der Waals surface area contributed by atoms with Gasteiger partial charge in [0.2, 0.25) is 0 Å². The second kappa shape index (κ2) is 14.1. The van der Waals surface area contributed by atoms with E-state index in [-0.39, 0.29) is 16.9 Å². The molecule has 0 spiro atoms. The van der Waals surface area contributed by atoms with Crippen LogP contribution in [-0.4, -0.2) is 54.3 Å². The predicted octanol–water partition coefficient (Wildman–Crippen LogP) is 4.20. The molecule has 4 rings (SSSR count). The Balaban J connectivity index is 0.000000241. The van der Waals surface area contributed by atoms with Crippen molar-refractivity contribution >= 4 is 42.6 Å². The Kier molecular flexibility index (Phi) is 10.6. The third-order valence-corrected chi connectivity index (χ3v) is 6.53. The van der Waals surface area contributed by atoms with E-state index in [1.54, 1.807) is 12.2 Å². The van der Waals surface area contributed by atoms with Gasteiger partial charge >= 0.3 is 0 Å². The van der Waals surface area contributed by atoms with Gasteiger partial charge in [0.15, 0.2) is 5.76 Å². The number of likely N-dealkylation sites (N-methyl/N-ethyl adjacent to an activating group) is 1. The molecule has 0 aliphatic carbocycles. The lowest BCUT2D eigenvalue weighted by Crippen LogP contribution is -2.46. The molecule has 0 radical (unpaired) electrons. The molecule has 3 heterocycles. The van der Waals surface area contributed by atoms with Crippen LogP contribution in [0.2, 0.25) is 0 Å². The van der Waals surface area contributed by atoms with E-state index in [2.05, 4.69) is 63.9 Å². The number of H-pyrrole nitrogens is 1. The van der Waals surface area contributed by atoms with Crippen LogP contribution in [0.15, 0.2) is 82.4 Å². The van der Waals surface area contributed by atoms with Gasteiger partial charge in [0.05, 0.1) is 5.56 Å². The maximum Gasteiger partial charge on any atom is 0.260 e. The van der Waals surface area contributed by atoms with Crippen molar-refractivity contribution in [3.05, 3.63) is 98.9 Å². The minimum atomic E-state index is -0.374. The lowest BCUT2D eigenvalue weighted by Gasteiger charge is -2.34. The number of anilines is 1. The fourth-order valence-electron chi connectivity index (χ4n) is 4.17. The molecular formula is C30H34ClN5O2. The Labute approximate surface area is 228 Å². The first-order chi connectivity index (χ1) is 18.4. The van der Waals surface area contributed by atoms with Crippen molar-refractivity contribution in [2.75, 3.05) is 37.6 Å². The SMILES string of the molecule is C=NOC(=C)c1c(-c2ccccc2)/c(=C/C(Cl)=C\C)c(=C)[nH]c1=O.CCN1CCN(c2ccccn2)CC1.